The van der Waals surface area contributed by atoms with Gasteiger partial charge in [-0.2, -0.15) is 4.31 Å². The van der Waals surface area contributed by atoms with Crippen molar-refractivity contribution in [1.82, 2.24) is 4.31 Å². The van der Waals surface area contributed by atoms with Crippen molar-refractivity contribution in [2.24, 2.45) is 0 Å². The molecule has 1 aromatic carbocycles. The second kappa shape index (κ2) is 4.91. The van der Waals surface area contributed by atoms with E-state index in [1.807, 2.05) is 0 Å². The van der Waals surface area contributed by atoms with E-state index in [-0.39, 0.29) is 11.4 Å². The van der Waals surface area contributed by atoms with E-state index >= 15 is 0 Å². The molecule has 0 fully saturated rings. The Bertz CT molecular complexity index is 605. The van der Waals surface area contributed by atoms with E-state index in [0.29, 0.717) is 5.76 Å². The van der Waals surface area contributed by atoms with E-state index in [1.165, 1.54) is 25.4 Å². The van der Waals surface area contributed by atoms with Crippen molar-refractivity contribution in [3.05, 3.63) is 54.2 Å². The summed E-state index contributed by atoms with van der Waals surface area (Å²) in [4.78, 5) is 0.0537. The second-order valence-corrected chi connectivity index (χ2v) is 5.84. The molecule has 0 aliphatic carbocycles. The molecule has 2 aromatic rings. The lowest BCUT2D eigenvalue weighted by molar-refractivity contribution is 0.406. The predicted molar refractivity (Wildman–Crippen MR) is 63.8 cm³/mol. The highest BCUT2D eigenvalue weighted by Crippen LogP contribution is 2.17. The lowest BCUT2D eigenvalue weighted by Crippen LogP contribution is -2.26. The monoisotopic (exact) mass is 269 g/mol. The lowest BCUT2D eigenvalue weighted by atomic mass is 10.4. The Morgan fingerprint density at radius 2 is 1.89 bits per heavy atom. The van der Waals surface area contributed by atoms with Gasteiger partial charge in [0.05, 0.1) is 17.7 Å². The minimum absolute atomic E-state index is 0.0537. The van der Waals surface area contributed by atoms with E-state index in [9.17, 15) is 12.8 Å². The third-order valence-corrected chi connectivity index (χ3v) is 4.30. The summed E-state index contributed by atoms with van der Waals surface area (Å²) in [5, 5.41) is 0. The van der Waals surface area contributed by atoms with E-state index in [0.717, 1.165) is 16.4 Å². The first-order valence-corrected chi connectivity index (χ1v) is 6.68. The molecule has 0 bridgehead atoms. The van der Waals surface area contributed by atoms with Gasteiger partial charge in [0.15, 0.2) is 0 Å². The van der Waals surface area contributed by atoms with E-state index < -0.39 is 15.8 Å². The smallest absolute Gasteiger partial charge is 0.243 e. The molecule has 0 amide bonds. The maximum Gasteiger partial charge on any atom is 0.243 e. The van der Waals surface area contributed by atoms with Crippen molar-refractivity contribution in [1.29, 1.82) is 0 Å². The highest BCUT2D eigenvalue weighted by atomic mass is 32.2. The van der Waals surface area contributed by atoms with Crippen LogP contribution in [0.15, 0.2) is 52.0 Å². The summed E-state index contributed by atoms with van der Waals surface area (Å²) in [7, 11) is -2.18. The Labute approximate surface area is 105 Å². The van der Waals surface area contributed by atoms with Crippen molar-refractivity contribution >= 4 is 10.0 Å². The number of hydrogen-bond donors (Lipinski definition) is 0. The van der Waals surface area contributed by atoms with Crippen molar-refractivity contribution in [3.63, 3.8) is 0 Å². The van der Waals surface area contributed by atoms with Crippen LogP contribution < -0.4 is 0 Å². The van der Waals surface area contributed by atoms with Gasteiger partial charge < -0.3 is 4.42 Å². The first kappa shape index (κ1) is 12.8. The average molecular weight is 269 g/mol. The van der Waals surface area contributed by atoms with Gasteiger partial charge in [-0.3, -0.25) is 0 Å². The molecule has 18 heavy (non-hydrogen) atoms. The number of furan rings is 1. The van der Waals surface area contributed by atoms with Crippen molar-refractivity contribution in [2.75, 3.05) is 7.05 Å². The van der Waals surface area contributed by atoms with Crippen LogP contribution in [0, 0.1) is 5.82 Å². The molecule has 0 aliphatic rings. The minimum Gasteiger partial charge on any atom is -0.468 e. The van der Waals surface area contributed by atoms with Crippen LogP contribution in [0.2, 0.25) is 0 Å². The first-order valence-electron chi connectivity index (χ1n) is 5.24. The molecule has 4 nitrogen and oxygen atoms in total. The topological polar surface area (TPSA) is 50.5 Å². The molecule has 0 atom stereocenters. The fourth-order valence-electron chi connectivity index (χ4n) is 1.49. The first-order chi connectivity index (χ1) is 8.50. The summed E-state index contributed by atoms with van der Waals surface area (Å²) in [6.07, 6.45) is 1.48. The van der Waals surface area contributed by atoms with Crippen LogP contribution in [0.3, 0.4) is 0 Å². The molecular weight excluding hydrogens is 257 g/mol. The molecule has 96 valence electrons. The van der Waals surface area contributed by atoms with Crippen LogP contribution in [-0.2, 0) is 16.6 Å². The largest absolute Gasteiger partial charge is 0.468 e. The zero-order valence-corrected chi connectivity index (χ0v) is 10.5. The number of hydrogen-bond acceptors (Lipinski definition) is 3. The minimum atomic E-state index is -3.63. The Hall–Kier alpha value is -1.66. The zero-order valence-electron chi connectivity index (χ0n) is 9.71. The summed E-state index contributed by atoms with van der Waals surface area (Å²) in [5.74, 6) is 0.0748. The summed E-state index contributed by atoms with van der Waals surface area (Å²) in [6.45, 7) is 0.132. The normalized spacial score (nSPS) is 11.9. The molecule has 0 aliphatic heterocycles. The molecule has 0 unspecified atom stereocenters. The average Bonchev–Trinajstić information content (AvgIpc) is 2.82. The van der Waals surface area contributed by atoms with E-state index in [4.69, 9.17) is 4.42 Å². The molecule has 1 aromatic heterocycles. The molecule has 0 saturated carbocycles. The van der Waals surface area contributed by atoms with Crippen LogP contribution in [0.1, 0.15) is 5.76 Å². The number of sulfonamides is 1. The van der Waals surface area contributed by atoms with Gasteiger partial charge in [0.1, 0.15) is 11.6 Å². The Morgan fingerprint density at radius 3 is 2.44 bits per heavy atom. The molecule has 6 heteroatoms. The van der Waals surface area contributed by atoms with Gasteiger partial charge in [-0.05, 0) is 36.4 Å². The van der Waals surface area contributed by atoms with E-state index in [1.54, 1.807) is 12.1 Å². The van der Waals surface area contributed by atoms with Crippen LogP contribution >= 0.6 is 0 Å². The molecule has 2 rings (SSSR count). The Morgan fingerprint density at radius 1 is 1.22 bits per heavy atom. The fourth-order valence-corrected chi connectivity index (χ4v) is 2.63. The zero-order chi connectivity index (χ0) is 13.2. The Kier molecular flexibility index (Phi) is 3.49. The molecule has 1 heterocycles. The quantitative estimate of drug-likeness (QED) is 0.855. The highest BCUT2D eigenvalue weighted by Gasteiger charge is 2.21. The summed E-state index contributed by atoms with van der Waals surface area (Å²) in [6, 6.07) is 8.10. The van der Waals surface area contributed by atoms with Gasteiger partial charge in [-0.15, -0.1) is 0 Å². The van der Waals surface area contributed by atoms with Gasteiger partial charge in [0.25, 0.3) is 0 Å². The number of halogens is 1. The SMILES string of the molecule is CN(Cc1ccco1)S(=O)(=O)c1ccc(F)cc1. The van der Waals surface area contributed by atoms with Crippen molar-refractivity contribution < 1.29 is 17.2 Å². The maximum atomic E-state index is 12.8. The summed E-state index contributed by atoms with van der Waals surface area (Å²) in [5.41, 5.74) is 0. The lowest BCUT2D eigenvalue weighted by Gasteiger charge is -2.15. The summed E-state index contributed by atoms with van der Waals surface area (Å²) < 4.78 is 43.3. The number of rotatable bonds is 4. The van der Waals surface area contributed by atoms with Crippen molar-refractivity contribution in [3.8, 4) is 0 Å². The third-order valence-electron chi connectivity index (χ3n) is 2.48. The molecule has 0 N–H and O–H groups in total. The van der Waals surface area contributed by atoms with Crippen LogP contribution in [0.25, 0.3) is 0 Å². The van der Waals surface area contributed by atoms with Crippen LogP contribution in [0.5, 0.6) is 0 Å². The van der Waals surface area contributed by atoms with E-state index in [2.05, 4.69) is 0 Å². The second-order valence-electron chi connectivity index (χ2n) is 3.79. The van der Waals surface area contributed by atoms with Gasteiger partial charge >= 0.3 is 0 Å². The highest BCUT2D eigenvalue weighted by molar-refractivity contribution is 7.89. The van der Waals surface area contributed by atoms with Gasteiger partial charge in [-0.1, -0.05) is 0 Å². The molecule has 0 radical (unpaired) electrons. The summed E-state index contributed by atoms with van der Waals surface area (Å²) >= 11 is 0. The van der Waals surface area contributed by atoms with Gasteiger partial charge in [0.2, 0.25) is 10.0 Å². The predicted octanol–water partition coefficient (Wildman–Crippen LogP) is 2.24. The molecular formula is C12H12FNO3S. The molecule has 0 spiro atoms. The number of nitrogens with zero attached hydrogens (tertiary/aromatic N) is 1. The maximum absolute atomic E-state index is 12.8. The van der Waals surface area contributed by atoms with Gasteiger partial charge in [-0.25, -0.2) is 12.8 Å². The standard InChI is InChI=1S/C12H12FNO3S/c1-14(9-11-3-2-8-17-11)18(15,16)12-6-4-10(13)5-7-12/h2-8H,9H2,1H3. The van der Waals surface area contributed by atoms with Crippen molar-refractivity contribution in [2.45, 2.75) is 11.4 Å². The molecule has 0 saturated heterocycles. The fraction of sp³-hybridized carbons (Fsp3) is 0.167. The van der Waals surface area contributed by atoms with Crippen LogP contribution in [0.4, 0.5) is 4.39 Å². The van der Waals surface area contributed by atoms with Gasteiger partial charge in [0, 0.05) is 7.05 Å². The third kappa shape index (κ3) is 2.60. The van der Waals surface area contributed by atoms with Crippen LogP contribution in [-0.4, -0.2) is 19.8 Å². The number of benzene rings is 1. The Balaban J connectivity index is 2.22.